The SMILES string of the molecule is COC(=O)N(C)CCCC(=O)N[C@@H](C(=O)O)c1ccccc1. The van der Waals surface area contributed by atoms with Crippen LogP contribution in [0.1, 0.15) is 24.4 Å². The van der Waals surface area contributed by atoms with Crippen LogP contribution in [0.5, 0.6) is 0 Å². The second kappa shape index (κ2) is 8.66. The number of nitrogens with zero attached hydrogens (tertiary/aromatic N) is 1. The molecule has 1 aromatic rings. The van der Waals surface area contributed by atoms with E-state index in [9.17, 15) is 19.5 Å². The van der Waals surface area contributed by atoms with E-state index in [0.717, 1.165) is 0 Å². The van der Waals surface area contributed by atoms with E-state index in [1.165, 1.54) is 12.0 Å². The molecule has 1 aromatic carbocycles. The largest absolute Gasteiger partial charge is 0.479 e. The van der Waals surface area contributed by atoms with E-state index in [4.69, 9.17) is 0 Å². The number of nitrogens with one attached hydrogen (secondary N) is 1. The maximum Gasteiger partial charge on any atom is 0.409 e. The predicted molar refractivity (Wildman–Crippen MR) is 79.2 cm³/mol. The standard InChI is InChI=1S/C15H20N2O5/c1-17(15(21)22-2)10-6-9-12(18)16-13(14(19)20)11-7-4-3-5-8-11/h3-5,7-8,13H,6,9-10H2,1-2H3,(H,16,18)(H,19,20)/t13-/m1/s1. The number of carbonyl (C=O) groups is 3. The van der Waals surface area contributed by atoms with Gasteiger partial charge in [0.05, 0.1) is 7.11 Å². The van der Waals surface area contributed by atoms with Gasteiger partial charge < -0.3 is 20.1 Å². The minimum atomic E-state index is -1.12. The number of carboxylic acid groups (broad SMARTS) is 1. The molecule has 0 aliphatic rings. The molecule has 0 spiro atoms. The van der Waals surface area contributed by atoms with Gasteiger partial charge in [0.1, 0.15) is 0 Å². The summed E-state index contributed by atoms with van der Waals surface area (Å²) in [6, 6.07) is 7.40. The highest BCUT2D eigenvalue weighted by Crippen LogP contribution is 2.13. The second-order valence-corrected chi connectivity index (χ2v) is 4.74. The van der Waals surface area contributed by atoms with Gasteiger partial charge in [-0.15, -0.1) is 0 Å². The van der Waals surface area contributed by atoms with Crippen LogP contribution in [0.4, 0.5) is 4.79 Å². The lowest BCUT2D eigenvalue weighted by atomic mass is 10.1. The Morgan fingerprint density at radius 3 is 2.45 bits per heavy atom. The highest BCUT2D eigenvalue weighted by molar-refractivity contribution is 5.84. The first-order chi connectivity index (χ1) is 10.5. The number of amides is 2. The lowest BCUT2D eigenvalue weighted by Gasteiger charge is -2.17. The summed E-state index contributed by atoms with van der Waals surface area (Å²) in [5, 5.41) is 11.7. The zero-order valence-corrected chi connectivity index (χ0v) is 12.6. The van der Waals surface area contributed by atoms with Crippen molar-refractivity contribution in [2.45, 2.75) is 18.9 Å². The molecule has 7 heteroatoms. The van der Waals surface area contributed by atoms with Crippen molar-refractivity contribution in [1.29, 1.82) is 0 Å². The van der Waals surface area contributed by atoms with Crippen LogP contribution < -0.4 is 5.32 Å². The number of aliphatic carboxylic acids is 1. The summed E-state index contributed by atoms with van der Waals surface area (Å²) < 4.78 is 4.53. The predicted octanol–water partition coefficient (Wildman–Crippen LogP) is 1.41. The molecule has 0 aromatic heterocycles. The average Bonchev–Trinajstić information content (AvgIpc) is 2.52. The van der Waals surface area contributed by atoms with E-state index in [2.05, 4.69) is 10.1 Å². The third-order valence-corrected chi connectivity index (χ3v) is 3.07. The van der Waals surface area contributed by atoms with Crippen molar-refractivity contribution in [2.24, 2.45) is 0 Å². The third-order valence-electron chi connectivity index (χ3n) is 3.07. The molecule has 1 atom stereocenters. The van der Waals surface area contributed by atoms with Crippen LogP contribution in [-0.2, 0) is 14.3 Å². The van der Waals surface area contributed by atoms with Gasteiger partial charge in [-0.3, -0.25) is 4.79 Å². The van der Waals surface area contributed by atoms with E-state index in [1.54, 1.807) is 37.4 Å². The Hall–Kier alpha value is -2.57. The van der Waals surface area contributed by atoms with E-state index in [0.29, 0.717) is 18.5 Å². The zero-order valence-electron chi connectivity index (χ0n) is 12.6. The van der Waals surface area contributed by atoms with Gasteiger partial charge in [0.2, 0.25) is 5.91 Å². The summed E-state index contributed by atoms with van der Waals surface area (Å²) in [6.07, 6.45) is 0.0596. The number of hydrogen-bond acceptors (Lipinski definition) is 4. The van der Waals surface area contributed by atoms with Crippen LogP contribution in [0.2, 0.25) is 0 Å². The molecule has 1 rings (SSSR count). The van der Waals surface area contributed by atoms with Crippen molar-refractivity contribution in [1.82, 2.24) is 10.2 Å². The summed E-state index contributed by atoms with van der Waals surface area (Å²) in [4.78, 5) is 35.6. The molecule has 0 radical (unpaired) electrons. The minimum Gasteiger partial charge on any atom is -0.479 e. The highest BCUT2D eigenvalue weighted by Gasteiger charge is 2.21. The second-order valence-electron chi connectivity index (χ2n) is 4.74. The molecule has 0 aliphatic heterocycles. The topological polar surface area (TPSA) is 95.9 Å². The van der Waals surface area contributed by atoms with Gasteiger partial charge in [-0.2, -0.15) is 0 Å². The van der Waals surface area contributed by atoms with Gasteiger partial charge in [-0.1, -0.05) is 30.3 Å². The first kappa shape index (κ1) is 17.5. The molecular formula is C15H20N2O5. The molecule has 0 fully saturated rings. The van der Waals surface area contributed by atoms with Gasteiger partial charge in [0, 0.05) is 20.0 Å². The van der Waals surface area contributed by atoms with Gasteiger partial charge in [-0.05, 0) is 12.0 Å². The molecule has 0 saturated carbocycles. The fourth-order valence-corrected chi connectivity index (χ4v) is 1.89. The molecule has 0 heterocycles. The van der Waals surface area contributed by atoms with Gasteiger partial charge in [0.15, 0.2) is 6.04 Å². The molecule has 0 aliphatic carbocycles. The highest BCUT2D eigenvalue weighted by atomic mass is 16.5. The van der Waals surface area contributed by atoms with Crippen molar-refractivity contribution in [3.05, 3.63) is 35.9 Å². The van der Waals surface area contributed by atoms with E-state index in [1.807, 2.05) is 0 Å². The lowest BCUT2D eigenvalue weighted by molar-refractivity contribution is -0.142. The summed E-state index contributed by atoms with van der Waals surface area (Å²) >= 11 is 0. The van der Waals surface area contributed by atoms with Crippen molar-refractivity contribution in [2.75, 3.05) is 20.7 Å². The third kappa shape index (κ3) is 5.43. The lowest BCUT2D eigenvalue weighted by Crippen LogP contribution is -2.34. The number of methoxy groups -OCH3 is 1. The molecular weight excluding hydrogens is 288 g/mol. The number of carboxylic acids is 1. The maximum atomic E-state index is 11.8. The van der Waals surface area contributed by atoms with E-state index >= 15 is 0 Å². The summed E-state index contributed by atoms with van der Waals surface area (Å²) in [5.74, 6) is -1.50. The Labute approximate surface area is 128 Å². The van der Waals surface area contributed by atoms with Crippen LogP contribution in [0.15, 0.2) is 30.3 Å². The Morgan fingerprint density at radius 1 is 1.27 bits per heavy atom. The quantitative estimate of drug-likeness (QED) is 0.794. The molecule has 22 heavy (non-hydrogen) atoms. The summed E-state index contributed by atoms with van der Waals surface area (Å²) in [7, 11) is 2.84. The fourth-order valence-electron chi connectivity index (χ4n) is 1.89. The molecule has 0 bridgehead atoms. The van der Waals surface area contributed by atoms with Crippen molar-refractivity contribution in [3.8, 4) is 0 Å². The normalized spacial score (nSPS) is 11.4. The number of carbonyl (C=O) groups excluding carboxylic acids is 2. The zero-order chi connectivity index (χ0) is 16.5. The van der Waals surface area contributed by atoms with Gasteiger partial charge >= 0.3 is 12.1 Å². The molecule has 0 saturated heterocycles. The van der Waals surface area contributed by atoms with Crippen LogP contribution >= 0.6 is 0 Å². The number of benzene rings is 1. The van der Waals surface area contributed by atoms with Gasteiger partial charge in [0.25, 0.3) is 0 Å². The number of ether oxygens (including phenoxy) is 1. The van der Waals surface area contributed by atoms with Crippen LogP contribution in [-0.4, -0.2) is 48.7 Å². The van der Waals surface area contributed by atoms with E-state index < -0.39 is 18.1 Å². The summed E-state index contributed by atoms with van der Waals surface area (Å²) in [6.45, 7) is 0.350. The van der Waals surface area contributed by atoms with Crippen LogP contribution in [0.25, 0.3) is 0 Å². The fraction of sp³-hybridized carbons (Fsp3) is 0.400. The van der Waals surface area contributed by atoms with Crippen molar-refractivity contribution >= 4 is 18.0 Å². The maximum absolute atomic E-state index is 11.8. The van der Waals surface area contributed by atoms with E-state index in [-0.39, 0.29) is 12.3 Å². The molecule has 120 valence electrons. The van der Waals surface area contributed by atoms with Crippen molar-refractivity contribution < 1.29 is 24.2 Å². The van der Waals surface area contributed by atoms with Crippen LogP contribution in [0.3, 0.4) is 0 Å². The first-order valence-corrected chi connectivity index (χ1v) is 6.82. The molecule has 2 N–H and O–H groups in total. The van der Waals surface area contributed by atoms with Crippen LogP contribution in [0, 0.1) is 0 Å². The monoisotopic (exact) mass is 308 g/mol. The Morgan fingerprint density at radius 2 is 1.91 bits per heavy atom. The first-order valence-electron chi connectivity index (χ1n) is 6.82. The van der Waals surface area contributed by atoms with Gasteiger partial charge in [-0.25, -0.2) is 9.59 Å². The minimum absolute atomic E-state index is 0.123. The Bertz CT molecular complexity index is 518. The number of rotatable bonds is 7. The average molecular weight is 308 g/mol. The molecule has 2 amide bonds. The Balaban J connectivity index is 2.48. The smallest absolute Gasteiger partial charge is 0.409 e. The summed E-state index contributed by atoms with van der Waals surface area (Å²) in [5.41, 5.74) is 0.509. The molecule has 7 nitrogen and oxygen atoms in total. The van der Waals surface area contributed by atoms with Crippen molar-refractivity contribution in [3.63, 3.8) is 0 Å². The Kier molecular flexibility index (Phi) is 6.88. The number of hydrogen-bond donors (Lipinski definition) is 2. The molecule has 0 unspecified atom stereocenters.